The highest BCUT2D eigenvalue weighted by molar-refractivity contribution is 8.00. The molecule has 6 heteroatoms. The third-order valence-corrected chi connectivity index (χ3v) is 9.07. The number of nitrogens with zero attached hydrogens (tertiary/aromatic N) is 2. The van der Waals surface area contributed by atoms with Crippen molar-refractivity contribution in [2.75, 3.05) is 0 Å². The van der Waals surface area contributed by atoms with Crippen LogP contribution in [0.2, 0.25) is 0 Å². The Kier molecular flexibility index (Phi) is 7.04. The van der Waals surface area contributed by atoms with E-state index in [4.69, 9.17) is 9.97 Å². The molecule has 0 saturated carbocycles. The van der Waals surface area contributed by atoms with E-state index in [-0.39, 0.29) is 0 Å². The first kappa shape index (κ1) is 21.5. The minimum atomic E-state index is 0.922. The molecule has 5 aromatic rings. The van der Waals surface area contributed by atoms with Gasteiger partial charge in [-0.05, 0) is 11.1 Å². The zero-order valence-electron chi connectivity index (χ0n) is 17.2. The van der Waals surface area contributed by atoms with Crippen LogP contribution in [0.5, 0.6) is 0 Å². The molecule has 158 valence electrons. The van der Waals surface area contributed by atoms with Crippen LogP contribution in [0.25, 0.3) is 22.5 Å². The minimum Gasteiger partial charge on any atom is -0.230 e. The second-order valence-corrected chi connectivity index (χ2v) is 11.2. The van der Waals surface area contributed by atoms with Crippen LogP contribution < -0.4 is 0 Å². The summed E-state index contributed by atoms with van der Waals surface area (Å²) in [5.41, 5.74) is 7.18. The van der Waals surface area contributed by atoms with E-state index in [1.807, 2.05) is 35.7 Å². The van der Waals surface area contributed by atoms with Gasteiger partial charge in [0.05, 0.1) is 11.4 Å². The van der Waals surface area contributed by atoms with Gasteiger partial charge in [-0.1, -0.05) is 108 Å². The fraction of sp³-hybridized carbons (Fsp3) is 0.0769. The van der Waals surface area contributed by atoms with Crippen LogP contribution in [0.15, 0.2) is 104 Å². The smallest absolute Gasteiger partial charge is 0.150 e. The lowest BCUT2D eigenvalue weighted by molar-refractivity contribution is 1.22. The first-order chi connectivity index (χ1) is 15.8. The molecule has 2 nitrogen and oxygen atoms in total. The summed E-state index contributed by atoms with van der Waals surface area (Å²) < 4.78 is 2.22. The Bertz CT molecular complexity index is 1180. The Hall–Kier alpha value is -2.38. The highest BCUT2D eigenvalue weighted by atomic mass is 32.2. The molecular weight excluding hydrogens is 469 g/mol. The molecule has 32 heavy (non-hydrogen) atoms. The molecule has 0 aliphatic rings. The molecular formula is C26H20N2S4. The fourth-order valence-electron chi connectivity index (χ4n) is 3.25. The number of thiazole rings is 2. The summed E-state index contributed by atoms with van der Waals surface area (Å²) in [7, 11) is 0. The average Bonchev–Trinajstić information content (AvgIpc) is 3.53. The predicted molar refractivity (Wildman–Crippen MR) is 141 cm³/mol. The van der Waals surface area contributed by atoms with Crippen LogP contribution in [0.1, 0.15) is 11.1 Å². The normalized spacial score (nSPS) is 11.0. The van der Waals surface area contributed by atoms with Crippen LogP contribution in [-0.4, -0.2) is 9.97 Å². The number of hydrogen-bond donors (Lipinski definition) is 0. The number of rotatable bonds is 8. The Morgan fingerprint density at radius 1 is 0.531 bits per heavy atom. The molecule has 0 saturated heterocycles. The molecule has 0 bridgehead atoms. The van der Waals surface area contributed by atoms with Gasteiger partial charge >= 0.3 is 0 Å². The van der Waals surface area contributed by atoms with Crippen molar-refractivity contribution in [3.05, 3.63) is 107 Å². The van der Waals surface area contributed by atoms with Crippen LogP contribution in [0, 0.1) is 0 Å². The first-order valence-corrected chi connectivity index (χ1v) is 13.9. The Labute approximate surface area is 204 Å². The lowest BCUT2D eigenvalue weighted by Crippen LogP contribution is -1.90. The summed E-state index contributed by atoms with van der Waals surface area (Å²) in [5.74, 6) is 1.84. The van der Waals surface area contributed by atoms with E-state index in [2.05, 4.69) is 83.6 Å². The van der Waals surface area contributed by atoms with E-state index in [1.165, 1.54) is 22.3 Å². The fourth-order valence-corrected chi connectivity index (χ4v) is 6.99. The van der Waals surface area contributed by atoms with E-state index in [0.29, 0.717) is 0 Å². The molecule has 0 N–H and O–H groups in total. The molecule has 0 aliphatic heterocycles. The monoisotopic (exact) mass is 488 g/mol. The first-order valence-electron chi connectivity index (χ1n) is 10.2. The molecule has 0 spiro atoms. The topological polar surface area (TPSA) is 25.8 Å². The molecule has 2 aromatic heterocycles. The summed E-state index contributed by atoms with van der Waals surface area (Å²) in [6.07, 6.45) is 0. The maximum atomic E-state index is 4.82. The summed E-state index contributed by atoms with van der Waals surface area (Å²) >= 11 is 7.06. The molecule has 0 fully saturated rings. The average molecular weight is 489 g/mol. The van der Waals surface area contributed by atoms with Gasteiger partial charge in [0.2, 0.25) is 0 Å². The Balaban J connectivity index is 1.22. The molecule has 0 amide bonds. The van der Waals surface area contributed by atoms with Crippen molar-refractivity contribution in [3.63, 3.8) is 0 Å². The molecule has 3 aromatic carbocycles. The molecule has 0 radical (unpaired) electrons. The summed E-state index contributed by atoms with van der Waals surface area (Å²) in [4.78, 5) is 9.64. The van der Waals surface area contributed by atoms with Gasteiger partial charge in [0, 0.05) is 33.4 Å². The van der Waals surface area contributed by atoms with E-state index >= 15 is 0 Å². The summed E-state index contributed by atoms with van der Waals surface area (Å²) in [6, 6.07) is 29.4. The van der Waals surface area contributed by atoms with E-state index < -0.39 is 0 Å². The largest absolute Gasteiger partial charge is 0.230 e. The second-order valence-electron chi connectivity index (χ2n) is 7.08. The standard InChI is InChI=1S/C26H20N2S4/c1-3-9-19(10-4-1)23-17-31-25(27-23)29-15-21-13-7-8-14-22(21)16-30-26-28-24(18-32-26)20-11-5-2-6-12-20/h1-14,17-18H,15-16H2. The van der Waals surface area contributed by atoms with Gasteiger partial charge in [0.1, 0.15) is 0 Å². The van der Waals surface area contributed by atoms with Crippen molar-refractivity contribution in [2.24, 2.45) is 0 Å². The lowest BCUT2D eigenvalue weighted by Gasteiger charge is -2.07. The number of thioether (sulfide) groups is 2. The van der Waals surface area contributed by atoms with E-state index in [0.717, 1.165) is 31.6 Å². The van der Waals surface area contributed by atoms with Crippen molar-refractivity contribution in [3.8, 4) is 22.5 Å². The Morgan fingerprint density at radius 2 is 0.938 bits per heavy atom. The highest BCUT2D eigenvalue weighted by Gasteiger charge is 2.10. The van der Waals surface area contributed by atoms with Gasteiger partial charge in [0.25, 0.3) is 0 Å². The van der Waals surface area contributed by atoms with Gasteiger partial charge < -0.3 is 0 Å². The van der Waals surface area contributed by atoms with Crippen molar-refractivity contribution < 1.29 is 0 Å². The number of benzene rings is 3. The third-order valence-electron chi connectivity index (χ3n) is 4.93. The van der Waals surface area contributed by atoms with Gasteiger partial charge in [-0.25, -0.2) is 9.97 Å². The van der Waals surface area contributed by atoms with Gasteiger partial charge in [-0.3, -0.25) is 0 Å². The van der Waals surface area contributed by atoms with Crippen molar-refractivity contribution in [1.82, 2.24) is 9.97 Å². The molecule has 5 rings (SSSR count). The van der Waals surface area contributed by atoms with Gasteiger partial charge in [-0.15, -0.1) is 22.7 Å². The van der Waals surface area contributed by atoms with Gasteiger partial charge in [0.15, 0.2) is 8.68 Å². The number of hydrogen-bond acceptors (Lipinski definition) is 6. The Morgan fingerprint density at radius 3 is 1.38 bits per heavy atom. The van der Waals surface area contributed by atoms with Crippen molar-refractivity contribution >= 4 is 46.2 Å². The van der Waals surface area contributed by atoms with Crippen LogP contribution >= 0.6 is 46.2 Å². The number of aromatic nitrogens is 2. The zero-order chi connectivity index (χ0) is 21.6. The third kappa shape index (κ3) is 5.33. The summed E-state index contributed by atoms with van der Waals surface area (Å²) in [5, 5.41) is 4.29. The SMILES string of the molecule is c1ccc(-c2csc(SCc3ccccc3CSc3nc(-c4ccccc4)cs3)n2)cc1. The van der Waals surface area contributed by atoms with Crippen LogP contribution in [-0.2, 0) is 11.5 Å². The van der Waals surface area contributed by atoms with E-state index in [1.54, 1.807) is 22.7 Å². The van der Waals surface area contributed by atoms with Gasteiger partial charge in [-0.2, -0.15) is 0 Å². The minimum absolute atomic E-state index is 0.922. The molecule has 2 heterocycles. The zero-order valence-corrected chi connectivity index (χ0v) is 20.4. The quantitative estimate of drug-likeness (QED) is 0.204. The van der Waals surface area contributed by atoms with Crippen molar-refractivity contribution in [1.29, 1.82) is 0 Å². The highest BCUT2D eigenvalue weighted by Crippen LogP contribution is 2.34. The lowest BCUT2D eigenvalue weighted by atomic mass is 10.1. The maximum Gasteiger partial charge on any atom is 0.150 e. The molecule has 0 atom stereocenters. The van der Waals surface area contributed by atoms with E-state index in [9.17, 15) is 0 Å². The van der Waals surface area contributed by atoms with Crippen molar-refractivity contribution in [2.45, 2.75) is 20.2 Å². The predicted octanol–water partition coefficient (Wildman–Crippen LogP) is 8.52. The summed E-state index contributed by atoms with van der Waals surface area (Å²) in [6.45, 7) is 0. The molecule has 0 unspecified atom stereocenters. The second kappa shape index (κ2) is 10.5. The maximum absolute atomic E-state index is 4.82. The van der Waals surface area contributed by atoms with Crippen LogP contribution in [0.4, 0.5) is 0 Å². The molecule has 0 aliphatic carbocycles. The van der Waals surface area contributed by atoms with Crippen LogP contribution in [0.3, 0.4) is 0 Å².